The molecule has 0 radical (unpaired) electrons. The Morgan fingerprint density at radius 3 is 2.42 bits per heavy atom. The van der Waals surface area contributed by atoms with Crippen LogP contribution in [0, 0.1) is 0 Å². The number of carbonyl (C=O) groups is 2. The molecule has 2 aliphatic heterocycles. The third kappa shape index (κ3) is 3.86. The number of fused-ring (bicyclic) bond motifs is 2. The number of hydrogen-bond acceptors (Lipinski definition) is 6. The van der Waals surface area contributed by atoms with Crippen molar-refractivity contribution in [3.8, 4) is 0 Å². The average molecular weight is 452 g/mol. The van der Waals surface area contributed by atoms with Crippen molar-refractivity contribution in [1.82, 2.24) is 0 Å². The van der Waals surface area contributed by atoms with Crippen LogP contribution in [0.2, 0.25) is 0 Å². The lowest BCUT2D eigenvalue weighted by molar-refractivity contribution is -0.142. The minimum atomic E-state index is -1.41. The van der Waals surface area contributed by atoms with Gasteiger partial charge in [-0.05, 0) is 53.5 Å². The quantitative estimate of drug-likeness (QED) is 0.186. The first-order chi connectivity index (χ1) is 15.5. The van der Waals surface area contributed by atoms with Crippen LogP contribution in [0.15, 0.2) is 39.1 Å². The van der Waals surface area contributed by atoms with E-state index in [4.69, 9.17) is 4.42 Å². The monoisotopic (exact) mass is 451 g/mol. The van der Waals surface area contributed by atoms with Gasteiger partial charge in [0.15, 0.2) is 0 Å². The predicted octanol–water partition coefficient (Wildman–Crippen LogP) is 4.16. The van der Waals surface area contributed by atoms with E-state index in [0.717, 1.165) is 50.1 Å². The van der Waals surface area contributed by atoms with Gasteiger partial charge in [0, 0.05) is 29.7 Å². The second kappa shape index (κ2) is 7.90. The Morgan fingerprint density at radius 1 is 1.12 bits per heavy atom. The molecule has 0 aliphatic carbocycles. The van der Waals surface area contributed by atoms with Gasteiger partial charge in [0.1, 0.15) is 11.2 Å². The normalized spacial score (nSPS) is 18.9. The summed E-state index contributed by atoms with van der Waals surface area (Å²) in [7, 11) is 1.11. The van der Waals surface area contributed by atoms with Gasteiger partial charge < -0.3 is 19.2 Å². The zero-order valence-corrected chi connectivity index (χ0v) is 19.7. The van der Waals surface area contributed by atoms with Gasteiger partial charge in [0.2, 0.25) is 0 Å². The zero-order chi connectivity index (χ0) is 24.1. The topological polar surface area (TPSA) is 97.0 Å². The van der Waals surface area contributed by atoms with Crippen LogP contribution < -0.4 is 10.5 Å². The first-order valence-corrected chi connectivity index (χ1v) is 11.1. The molecule has 1 aromatic carbocycles. The van der Waals surface area contributed by atoms with Crippen LogP contribution in [0.5, 0.6) is 0 Å². The summed E-state index contributed by atoms with van der Waals surface area (Å²) >= 11 is 0. The number of methoxy groups -OCH3 is 1. The standard InChI is InChI=1S/C26H29NO6/c1-25(2)9-11-27-12-10-26(3,4)19-20(27)18(25)14-16-13-15(23(30)33-21(16)19)7-6-8-17(22(28)29)24(31)32-5/h6-8,13-14H,9-12H2,1-5H3,(H,28,29). The molecular formula is C26H29NO6. The summed E-state index contributed by atoms with van der Waals surface area (Å²) in [5, 5.41) is 10.0. The third-order valence-corrected chi connectivity index (χ3v) is 6.93. The van der Waals surface area contributed by atoms with E-state index in [0.29, 0.717) is 5.58 Å². The van der Waals surface area contributed by atoms with E-state index in [1.54, 1.807) is 6.07 Å². The molecule has 0 unspecified atom stereocenters. The fraction of sp³-hybridized carbons (Fsp3) is 0.423. The van der Waals surface area contributed by atoms with Crippen LogP contribution in [0.25, 0.3) is 17.0 Å². The van der Waals surface area contributed by atoms with Gasteiger partial charge in [0.05, 0.1) is 12.7 Å². The van der Waals surface area contributed by atoms with E-state index < -0.39 is 23.1 Å². The van der Waals surface area contributed by atoms with Crippen LogP contribution in [-0.4, -0.2) is 37.2 Å². The maximum absolute atomic E-state index is 12.8. The maximum Gasteiger partial charge on any atom is 0.345 e. The molecule has 2 aliphatic rings. The van der Waals surface area contributed by atoms with E-state index >= 15 is 0 Å². The number of esters is 1. The molecule has 1 N–H and O–H groups in total. The SMILES string of the molecule is COC(=O)C(=CC=Cc1cc2cc3c4c(c2oc1=O)C(C)(C)CCN4CCC3(C)C)C(=O)O. The molecule has 0 saturated heterocycles. The van der Waals surface area contributed by atoms with E-state index in [1.807, 2.05) is 0 Å². The highest BCUT2D eigenvalue weighted by atomic mass is 16.5. The van der Waals surface area contributed by atoms with Crippen molar-refractivity contribution in [1.29, 1.82) is 0 Å². The molecule has 3 heterocycles. The lowest BCUT2D eigenvalue weighted by Gasteiger charge is -2.48. The highest BCUT2D eigenvalue weighted by molar-refractivity contribution is 6.13. The molecule has 7 heteroatoms. The van der Waals surface area contributed by atoms with Crippen molar-refractivity contribution in [2.24, 2.45) is 0 Å². The summed E-state index contributed by atoms with van der Waals surface area (Å²) in [5.41, 5.74) is 3.25. The van der Waals surface area contributed by atoms with Gasteiger partial charge in [-0.3, -0.25) is 0 Å². The number of benzene rings is 1. The van der Waals surface area contributed by atoms with E-state index in [2.05, 4.69) is 43.4 Å². The molecule has 4 rings (SSSR count). The summed E-state index contributed by atoms with van der Waals surface area (Å²) in [6.07, 6.45) is 5.92. The van der Waals surface area contributed by atoms with Gasteiger partial charge in [-0.2, -0.15) is 0 Å². The summed E-state index contributed by atoms with van der Waals surface area (Å²) in [5.74, 6) is -2.37. The molecule has 0 atom stereocenters. The number of carbonyl (C=O) groups excluding carboxylic acids is 1. The number of carboxylic acids is 1. The molecule has 7 nitrogen and oxygen atoms in total. The fourth-order valence-corrected chi connectivity index (χ4v) is 4.87. The molecule has 0 amide bonds. The van der Waals surface area contributed by atoms with Crippen LogP contribution in [0.4, 0.5) is 5.69 Å². The molecule has 33 heavy (non-hydrogen) atoms. The Balaban J connectivity index is 1.90. The smallest absolute Gasteiger partial charge is 0.345 e. The number of allylic oxidation sites excluding steroid dienone is 2. The number of ether oxygens (including phenoxy) is 1. The molecule has 2 aromatic rings. The summed E-state index contributed by atoms with van der Waals surface area (Å²) in [6, 6.07) is 3.90. The number of anilines is 1. The van der Waals surface area contributed by atoms with Crippen molar-refractivity contribution in [2.75, 3.05) is 25.1 Å². The fourth-order valence-electron chi connectivity index (χ4n) is 4.87. The maximum atomic E-state index is 12.8. The van der Waals surface area contributed by atoms with Crippen LogP contribution in [-0.2, 0) is 25.2 Å². The molecule has 174 valence electrons. The lowest BCUT2D eigenvalue weighted by Crippen LogP contribution is -2.44. The van der Waals surface area contributed by atoms with Crippen LogP contribution >= 0.6 is 0 Å². The molecule has 0 bridgehead atoms. The highest BCUT2D eigenvalue weighted by Gasteiger charge is 2.41. The van der Waals surface area contributed by atoms with Crippen LogP contribution in [0.3, 0.4) is 0 Å². The van der Waals surface area contributed by atoms with E-state index in [-0.39, 0.29) is 16.4 Å². The van der Waals surface area contributed by atoms with E-state index in [9.17, 15) is 19.5 Å². The number of aliphatic carboxylic acids is 1. The second-order valence-electron chi connectivity index (χ2n) is 10.0. The zero-order valence-electron chi connectivity index (χ0n) is 19.7. The third-order valence-electron chi connectivity index (χ3n) is 6.93. The van der Waals surface area contributed by atoms with Gasteiger partial charge in [-0.15, -0.1) is 0 Å². The Labute approximate surface area is 192 Å². The van der Waals surface area contributed by atoms with E-state index in [1.165, 1.54) is 23.4 Å². The Hall–Kier alpha value is -3.35. The Kier molecular flexibility index (Phi) is 5.47. The number of nitrogens with zero attached hydrogens (tertiary/aromatic N) is 1. The van der Waals surface area contributed by atoms with Crippen molar-refractivity contribution in [3.63, 3.8) is 0 Å². The first-order valence-electron chi connectivity index (χ1n) is 11.1. The minimum Gasteiger partial charge on any atom is -0.477 e. The minimum absolute atomic E-state index is 0.00598. The molecular weight excluding hydrogens is 422 g/mol. The highest BCUT2D eigenvalue weighted by Crippen LogP contribution is 2.51. The molecule has 1 aromatic heterocycles. The summed E-state index contributed by atoms with van der Waals surface area (Å²) < 4.78 is 10.4. The number of carboxylic acid groups (broad SMARTS) is 1. The van der Waals surface area contributed by atoms with Gasteiger partial charge >= 0.3 is 17.6 Å². The van der Waals surface area contributed by atoms with Gasteiger partial charge in [-0.1, -0.05) is 33.8 Å². The first kappa shape index (κ1) is 22.8. The summed E-state index contributed by atoms with van der Waals surface area (Å²) in [4.78, 5) is 38.1. The molecule has 0 saturated carbocycles. The largest absolute Gasteiger partial charge is 0.477 e. The van der Waals surface area contributed by atoms with Crippen molar-refractivity contribution in [3.05, 3.63) is 57.0 Å². The predicted molar refractivity (Wildman–Crippen MR) is 127 cm³/mol. The van der Waals surface area contributed by atoms with Gasteiger partial charge in [-0.25, -0.2) is 14.4 Å². The Morgan fingerprint density at radius 2 is 1.79 bits per heavy atom. The summed E-state index contributed by atoms with van der Waals surface area (Å²) in [6.45, 7) is 10.9. The van der Waals surface area contributed by atoms with Crippen molar-refractivity contribution >= 4 is 34.7 Å². The van der Waals surface area contributed by atoms with Gasteiger partial charge in [0.25, 0.3) is 0 Å². The van der Waals surface area contributed by atoms with Crippen molar-refractivity contribution in [2.45, 2.75) is 51.4 Å². The van der Waals surface area contributed by atoms with Crippen molar-refractivity contribution < 1.29 is 23.8 Å². The molecule has 0 fully saturated rings. The number of rotatable bonds is 4. The lowest BCUT2D eigenvalue weighted by atomic mass is 9.69. The molecule has 0 spiro atoms. The second-order valence-corrected chi connectivity index (χ2v) is 10.0. The Bertz CT molecular complexity index is 1280. The average Bonchev–Trinajstić information content (AvgIpc) is 2.74. The van der Waals surface area contributed by atoms with Crippen LogP contribution in [0.1, 0.15) is 57.2 Å². The number of hydrogen-bond donors (Lipinski definition) is 1.